The number of allylic oxidation sites excluding steroid dienone is 4. The number of carbonyl (C=O) groups is 1. The zero-order valence-electron chi connectivity index (χ0n) is 19.5. The van der Waals surface area contributed by atoms with Crippen molar-refractivity contribution in [3.8, 4) is 6.07 Å². The van der Waals surface area contributed by atoms with Crippen LogP contribution < -0.4 is 10.6 Å². The van der Waals surface area contributed by atoms with Crippen molar-refractivity contribution in [2.45, 2.75) is 31.9 Å². The van der Waals surface area contributed by atoms with Gasteiger partial charge in [0.1, 0.15) is 6.10 Å². The monoisotopic (exact) mass is 457 g/mol. The Hall–Kier alpha value is -3.21. The molecule has 0 saturated carbocycles. The lowest BCUT2D eigenvalue weighted by atomic mass is 9.80. The number of carbonyl (C=O) groups excluding carboxylic acids is 1. The smallest absolute Gasteiger partial charge is 0.253 e. The number of nitriles is 1. The highest BCUT2D eigenvalue weighted by Gasteiger charge is 2.30. The summed E-state index contributed by atoms with van der Waals surface area (Å²) in [5, 5.41) is 18.7. The predicted octanol–water partition coefficient (Wildman–Crippen LogP) is 3.36. The highest BCUT2D eigenvalue weighted by atomic mass is 16.5. The number of morpholine rings is 1. The first kappa shape index (κ1) is 22.6. The van der Waals surface area contributed by atoms with Crippen LogP contribution in [0.1, 0.15) is 25.3 Å². The fraction of sp³-hybridized carbons (Fsp3) is 0.444. The van der Waals surface area contributed by atoms with Crippen LogP contribution in [0.2, 0.25) is 0 Å². The summed E-state index contributed by atoms with van der Waals surface area (Å²) in [5.41, 5.74) is 3.37. The van der Waals surface area contributed by atoms with E-state index in [0.29, 0.717) is 13.2 Å². The molecule has 2 fully saturated rings. The van der Waals surface area contributed by atoms with Crippen molar-refractivity contribution in [1.29, 1.82) is 5.26 Å². The first-order chi connectivity index (χ1) is 16.6. The minimum atomic E-state index is -0.359. The van der Waals surface area contributed by atoms with Gasteiger partial charge in [0.05, 0.1) is 18.6 Å². The lowest BCUT2D eigenvalue weighted by Crippen LogP contribution is -2.52. The minimum absolute atomic E-state index is 0.0978. The Morgan fingerprint density at radius 1 is 1.32 bits per heavy atom. The number of ether oxygens (including phenoxy) is 1. The third-order valence-electron chi connectivity index (χ3n) is 7.23. The Morgan fingerprint density at radius 2 is 2.18 bits per heavy atom. The maximum absolute atomic E-state index is 12.8. The summed E-state index contributed by atoms with van der Waals surface area (Å²) in [5.74, 6) is 0.114. The van der Waals surface area contributed by atoms with Crippen molar-refractivity contribution >= 4 is 27.9 Å². The maximum atomic E-state index is 12.8. The van der Waals surface area contributed by atoms with Crippen molar-refractivity contribution in [2.75, 3.05) is 38.1 Å². The quantitative estimate of drug-likeness (QED) is 0.732. The molecule has 2 aromatic rings. The highest BCUT2D eigenvalue weighted by molar-refractivity contribution is 5.96. The van der Waals surface area contributed by atoms with E-state index in [1.165, 1.54) is 5.57 Å². The average Bonchev–Trinajstić information content (AvgIpc) is 2.89. The molecular weight excluding hydrogens is 426 g/mol. The fourth-order valence-electron chi connectivity index (χ4n) is 5.18. The minimum Gasteiger partial charge on any atom is -0.382 e. The molecule has 1 aromatic carbocycles. The summed E-state index contributed by atoms with van der Waals surface area (Å²) in [6.07, 6.45) is 11.2. The van der Waals surface area contributed by atoms with Gasteiger partial charge in [-0.2, -0.15) is 5.26 Å². The number of aromatic nitrogens is 1. The molecule has 2 N–H and O–H groups in total. The van der Waals surface area contributed by atoms with Crippen LogP contribution in [0.3, 0.4) is 0 Å². The van der Waals surface area contributed by atoms with Crippen molar-refractivity contribution < 1.29 is 9.53 Å². The van der Waals surface area contributed by atoms with E-state index in [9.17, 15) is 10.1 Å². The lowest BCUT2D eigenvalue weighted by Gasteiger charge is -2.36. The molecule has 3 heterocycles. The van der Waals surface area contributed by atoms with Crippen LogP contribution in [-0.4, -0.2) is 60.7 Å². The Bertz CT molecular complexity index is 1150. The first-order valence-electron chi connectivity index (χ1n) is 12.2. The number of hydrogen-bond donors (Lipinski definition) is 2. The standard InChI is InChI=1S/C27H31N5O2/c1-18-20(15-28)3-2-4-23(18)21-13-19-5-8-29-16-24(19)25(14-21)31-22-6-10-32(11-7-22)27(33)26-17-30-9-12-34-26/h2-5,8,13-14,16,18,20,22,26,30-31H,6-7,9-12,17H2,1H3. The molecule has 34 heavy (non-hydrogen) atoms. The van der Waals surface area contributed by atoms with E-state index < -0.39 is 0 Å². The summed E-state index contributed by atoms with van der Waals surface area (Å²) in [7, 11) is 0. The van der Waals surface area contributed by atoms with Crippen molar-refractivity contribution in [3.05, 3.63) is 54.4 Å². The molecule has 7 nitrogen and oxygen atoms in total. The second-order valence-electron chi connectivity index (χ2n) is 9.38. The summed E-state index contributed by atoms with van der Waals surface area (Å²) in [4.78, 5) is 19.1. The number of fused-ring (bicyclic) bond motifs is 1. The molecule has 3 atom stereocenters. The number of hydrogen-bond acceptors (Lipinski definition) is 6. The van der Waals surface area contributed by atoms with Gasteiger partial charge in [0.2, 0.25) is 0 Å². The number of rotatable bonds is 4. The fourth-order valence-corrected chi connectivity index (χ4v) is 5.18. The number of anilines is 1. The van der Waals surface area contributed by atoms with E-state index in [2.05, 4.69) is 46.8 Å². The molecule has 0 bridgehead atoms. The van der Waals surface area contributed by atoms with Gasteiger partial charge in [-0.25, -0.2) is 0 Å². The van der Waals surface area contributed by atoms with E-state index in [0.717, 1.165) is 54.5 Å². The highest BCUT2D eigenvalue weighted by Crippen LogP contribution is 2.37. The molecule has 1 aromatic heterocycles. The van der Waals surface area contributed by atoms with Gasteiger partial charge in [0, 0.05) is 61.6 Å². The van der Waals surface area contributed by atoms with Crippen LogP contribution >= 0.6 is 0 Å². The third kappa shape index (κ3) is 4.56. The van der Waals surface area contributed by atoms with E-state index in [4.69, 9.17) is 4.74 Å². The molecule has 1 amide bonds. The van der Waals surface area contributed by atoms with Crippen LogP contribution in [0.15, 0.2) is 48.8 Å². The Morgan fingerprint density at radius 3 is 2.94 bits per heavy atom. The normalized spacial score (nSPS) is 25.6. The number of nitrogens with zero attached hydrogens (tertiary/aromatic N) is 3. The summed E-state index contributed by atoms with van der Waals surface area (Å²) >= 11 is 0. The Balaban J connectivity index is 1.33. The number of pyridine rings is 1. The second-order valence-corrected chi connectivity index (χ2v) is 9.38. The van der Waals surface area contributed by atoms with Crippen LogP contribution in [0.25, 0.3) is 16.3 Å². The van der Waals surface area contributed by atoms with Gasteiger partial charge < -0.3 is 20.3 Å². The molecule has 176 valence electrons. The predicted molar refractivity (Wildman–Crippen MR) is 133 cm³/mol. The summed E-state index contributed by atoms with van der Waals surface area (Å²) < 4.78 is 5.65. The number of benzene rings is 1. The van der Waals surface area contributed by atoms with Gasteiger partial charge in [0.25, 0.3) is 5.91 Å². The van der Waals surface area contributed by atoms with Gasteiger partial charge in [-0.1, -0.05) is 25.2 Å². The SMILES string of the molecule is CC1C(c2cc(NC3CCN(C(=O)C4CNCCO4)CC3)c3cnccc3c2)=CC=CC1C#N. The molecule has 0 radical (unpaired) electrons. The van der Waals surface area contributed by atoms with Gasteiger partial charge >= 0.3 is 0 Å². The van der Waals surface area contributed by atoms with Crippen LogP contribution in [0, 0.1) is 23.2 Å². The maximum Gasteiger partial charge on any atom is 0.253 e. The van der Waals surface area contributed by atoms with Crippen LogP contribution in [0.4, 0.5) is 5.69 Å². The molecule has 1 aliphatic carbocycles. The zero-order valence-corrected chi connectivity index (χ0v) is 19.5. The molecule has 7 heteroatoms. The van der Waals surface area contributed by atoms with Crippen LogP contribution in [-0.2, 0) is 9.53 Å². The molecule has 3 aliphatic rings. The van der Waals surface area contributed by atoms with Crippen molar-refractivity contribution in [2.24, 2.45) is 11.8 Å². The average molecular weight is 458 g/mol. The largest absolute Gasteiger partial charge is 0.382 e. The lowest BCUT2D eigenvalue weighted by molar-refractivity contribution is -0.146. The topological polar surface area (TPSA) is 90.3 Å². The Kier molecular flexibility index (Phi) is 6.61. The van der Waals surface area contributed by atoms with E-state index in [1.54, 1.807) is 0 Å². The van der Waals surface area contributed by atoms with Crippen molar-refractivity contribution in [1.82, 2.24) is 15.2 Å². The molecule has 5 rings (SSSR count). The number of piperidine rings is 1. The zero-order chi connectivity index (χ0) is 23.5. The van der Waals surface area contributed by atoms with E-state index in [-0.39, 0.29) is 29.9 Å². The first-order valence-corrected chi connectivity index (χ1v) is 12.2. The summed E-state index contributed by atoms with van der Waals surface area (Å²) in [6, 6.07) is 9.11. The number of amides is 1. The molecule has 0 spiro atoms. The van der Waals surface area contributed by atoms with Gasteiger partial charge in [-0.05, 0) is 47.6 Å². The molecule has 2 aliphatic heterocycles. The molecule has 3 unspecified atom stereocenters. The number of likely N-dealkylation sites (tertiary alicyclic amines) is 1. The van der Waals surface area contributed by atoms with Gasteiger partial charge in [0.15, 0.2) is 0 Å². The van der Waals surface area contributed by atoms with Gasteiger partial charge in [-0.3, -0.25) is 9.78 Å². The molecular formula is C27H31N5O2. The Labute approximate surface area is 200 Å². The van der Waals surface area contributed by atoms with E-state index in [1.807, 2.05) is 35.5 Å². The number of nitrogens with one attached hydrogen (secondary N) is 2. The van der Waals surface area contributed by atoms with Gasteiger partial charge in [-0.15, -0.1) is 0 Å². The third-order valence-corrected chi connectivity index (χ3v) is 7.23. The van der Waals surface area contributed by atoms with Crippen molar-refractivity contribution in [3.63, 3.8) is 0 Å². The molecule has 2 saturated heterocycles. The van der Waals surface area contributed by atoms with Crippen LogP contribution in [0.5, 0.6) is 0 Å². The van der Waals surface area contributed by atoms with E-state index >= 15 is 0 Å². The second kappa shape index (κ2) is 9.96. The summed E-state index contributed by atoms with van der Waals surface area (Å²) in [6.45, 7) is 5.56.